The quantitative estimate of drug-likeness (QED) is 0.797. The van der Waals surface area contributed by atoms with Crippen LogP contribution in [0.25, 0.3) is 0 Å². The monoisotopic (exact) mass is 321 g/mol. The minimum Gasteiger partial charge on any atom is -0.385 e. The molecule has 2 saturated heterocycles. The lowest BCUT2D eigenvalue weighted by Crippen LogP contribution is -2.63. The van der Waals surface area contributed by atoms with E-state index < -0.39 is 0 Å². The van der Waals surface area contributed by atoms with Gasteiger partial charge in [0.25, 0.3) is 0 Å². The van der Waals surface area contributed by atoms with Crippen molar-refractivity contribution in [1.82, 2.24) is 14.7 Å². The summed E-state index contributed by atoms with van der Waals surface area (Å²) in [5.74, 6) is 0.772. The van der Waals surface area contributed by atoms with Gasteiger partial charge >= 0.3 is 0 Å². The molecule has 128 valence electrons. The Kier molecular flexibility index (Phi) is 4.73. The van der Waals surface area contributed by atoms with Gasteiger partial charge in [-0.05, 0) is 38.7 Å². The molecule has 1 amide bonds. The molecule has 1 atom stereocenters. The summed E-state index contributed by atoms with van der Waals surface area (Å²) in [4.78, 5) is 14.2. The van der Waals surface area contributed by atoms with Crippen LogP contribution in [-0.4, -0.2) is 59.6 Å². The van der Waals surface area contributed by atoms with Crippen LogP contribution in [0.15, 0.2) is 6.07 Å². The molecule has 0 aromatic carbocycles. The molecule has 3 rings (SSSR count). The summed E-state index contributed by atoms with van der Waals surface area (Å²) in [6, 6.07) is 2.04. The van der Waals surface area contributed by atoms with Gasteiger partial charge in [0.05, 0.1) is 25.4 Å². The third-order valence-corrected chi connectivity index (χ3v) is 4.97. The van der Waals surface area contributed by atoms with Crippen molar-refractivity contribution in [3.63, 3.8) is 0 Å². The molecule has 23 heavy (non-hydrogen) atoms. The van der Waals surface area contributed by atoms with Gasteiger partial charge in [-0.3, -0.25) is 9.48 Å². The van der Waals surface area contributed by atoms with Gasteiger partial charge in [-0.1, -0.05) is 0 Å². The van der Waals surface area contributed by atoms with Crippen LogP contribution in [-0.2, 0) is 20.8 Å². The van der Waals surface area contributed by atoms with E-state index in [1.807, 2.05) is 29.5 Å². The van der Waals surface area contributed by atoms with Crippen LogP contribution in [0.5, 0.6) is 0 Å². The van der Waals surface area contributed by atoms with Crippen LogP contribution in [0.1, 0.15) is 30.7 Å². The maximum absolute atomic E-state index is 12.3. The van der Waals surface area contributed by atoms with Gasteiger partial charge in [0, 0.05) is 32.4 Å². The fraction of sp³-hybridized carbons (Fsp3) is 0.765. The van der Waals surface area contributed by atoms with E-state index in [0.717, 1.165) is 50.5 Å². The number of aromatic nitrogens is 2. The Morgan fingerprint density at radius 2 is 2.26 bits per heavy atom. The van der Waals surface area contributed by atoms with E-state index >= 15 is 0 Å². The predicted octanol–water partition coefficient (Wildman–Crippen LogP) is 1.54. The van der Waals surface area contributed by atoms with Gasteiger partial charge in [0.15, 0.2) is 0 Å². The van der Waals surface area contributed by atoms with Crippen LogP contribution >= 0.6 is 0 Å². The molecule has 0 radical (unpaired) electrons. The molecule has 2 aliphatic rings. The minimum atomic E-state index is -0.0771. The molecule has 2 aliphatic heterocycles. The smallest absolute Gasteiger partial charge is 0.224 e. The molecular formula is C17H27N3O3. The van der Waals surface area contributed by atoms with Gasteiger partial charge in [0.2, 0.25) is 5.91 Å². The summed E-state index contributed by atoms with van der Waals surface area (Å²) in [5, 5.41) is 4.40. The van der Waals surface area contributed by atoms with Crippen molar-refractivity contribution < 1.29 is 14.3 Å². The van der Waals surface area contributed by atoms with Gasteiger partial charge in [-0.2, -0.15) is 5.10 Å². The molecular weight excluding hydrogens is 294 g/mol. The Morgan fingerprint density at radius 3 is 2.91 bits per heavy atom. The van der Waals surface area contributed by atoms with Crippen LogP contribution in [0, 0.1) is 19.8 Å². The first-order valence-corrected chi connectivity index (χ1v) is 8.43. The minimum absolute atomic E-state index is 0.0771. The number of amides is 1. The Hall–Kier alpha value is -1.40. The van der Waals surface area contributed by atoms with E-state index in [-0.39, 0.29) is 11.5 Å². The highest BCUT2D eigenvalue weighted by molar-refractivity contribution is 5.77. The maximum atomic E-state index is 12.3. The predicted molar refractivity (Wildman–Crippen MR) is 86.2 cm³/mol. The highest BCUT2D eigenvalue weighted by atomic mass is 16.5. The first kappa shape index (κ1) is 16.5. The third-order valence-electron chi connectivity index (χ3n) is 4.97. The van der Waals surface area contributed by atoms with Crippen molar-refractivity contribution in [2.45, 2.75) is 45.3 Å². The molecule has 1 unspecified atom stereocenters. The van der Waals surface area contributed by atoms with Gasteiger partial charge in [0.1, 0.15) is 5.60 Å². The lowest BCUT2D eigenvalue weighted by Gasteiger charge is -2.47. The Labute approximate surface area is 137 Å². The van der Waals surface area contributed by atoms with E-state index in [9.17, 15) is 4.79 Å². The molecule has 6 nitrogen and oxygen atoms in total. The summed E-state index contributed by atoms with van der Waals surface area (Å²) in [6.07, 6.45) is 2.60. The average Bonchev–Trinajstić information content (AvgIpc) is 3.04. The van der Waals surface area contributed by atoms with Crippen LogP contribution in [0.2, 0.25) is 0 Å². The lowest BCUT2D eigenvalue weighted by molar-refractivity contribution is -0.158. The van der Waals surface area contributed by atoms with Crippen molar-refractivity contribution in [2.24, 2.45) is 5.92 Å². The fourth-order valence-corrected chi connectivity index (χ4v) is 3.72. The number of likely N-dealkylation sites (tertiary alicyclic amines) is 1. The van der Waals surface area contributed by atoms with E-state index in [1.54, 1.807) is 7.11 Å². The van der Waals surface area contributed by atoms with E-state index in [0.29, 0.717) is 18.9 Å². The van der Waals surface area contributed by atoms with E-state index in [2.05, 4.69) is 5.10 Å². The summed E-state index contributed by atoms with van der Waals surface area (Å²) in [6.45, 7) is 7.72. The number of carbonyl (C=O) groups excluding carboxylic acids is 1. The normalized spacial score (nSPS) is 22.6. The number of rotatable bonds is 6. The molecule has 1 spiro atoms. The second kappa shape index (κ2) is 6.61. The number of carbonyl (C=O) groups is 1. The Bertz CT molecular complexity index is 563. The van der Waals surface area contributed by atoms with Crippen LogP contribution < -0.4 is 0 Å². The number of methoxy groups -OCH3 is 1. The molecule has 0 bridgehead atoms. The standard InChI is InChI=1S/C17H27N3O3/c1-13-8-14(2)20(18-13)6-4-16(21)19-11-17(12-19)9-15(10-23-17)5-7-22-3/h8,15H,4-7,9-12H2,1-3H3. The van der Waals surface area contributed by atoms with Crippen molar-refractivity contribution >= 4 is 5.91 Å². The topological polar surface area (TPSA) is 56.6 Å². The molecule has 6 heteroatoms. The SMILES string of the molecule is COCCC1COC2(C1)CN(C(=O)CCn1nc(C)cc1C)C2. The van der Waals surface area contributed by atoms with Gasteiger partial charge < -0.3 is 14.4 Å². The van der Waals surface area contributed by atoms with Gasteiger partial charge in [-0.25, -0.2) is 0 Å². The second-order valence-electron chi connectivity index (χ2n) is 7.00. The molecule has 0 N–H and O–H groups in total. The molecule has 1 aromatic rings. The van der Waals surface area contributed by atoms with Gasteiger partial charge in [-0.15, -0.1) is 0 Å². The first-order valence-electron chi connectivity index (χ1n) is 8.43. The number of hydrogen-bond acceptors (Lipinski definition) is 4. The largest absolute Gasteiger partial charge is 0.385 e. The van der Waals surface area contributed by atoms with E-state index in [1.165, 1.54) is 0 Å². The zero-order valence-electron chi connectivity index (χ0n) is 14.4. The lowest BCUT2D eigenvalue weighted by atomic mass is 9.86. The van der Waals surface area contributed by atoms with Crippen molar-refractivity contribution in [2.75, 3.05) is 33.4 Å². The van der Waals surface area contributed by atoms with Crippen LogP contribution in [0.4, 0.5) is 0 Å². The zero-order chi connectivity index (χ0) is 16.4. The fourth-order valence-electron chi connectivity index (χ4n) is 3.72. The average molecular weight is 321 g/mol. The molecule has 2 fully saturated rings. The summed E-state index contributed by atoms with van der Waals surface area (Å²) in [5.41, 5.74) is 2.03. The third kappa shape index (κ3) is 3.58. The molecule has 0 saturated carbocycles. The number of hydrogen-bond donors (Lipinski definition) is 0. The van der Waals surface area contributed by atoms with Crippen LogP contribution in [0.3, 0.4) is 0 Å². The first-order chi connectivity index (χ1) is 11.0. The molecule has 3 heterocycles. The van der Waals surface area contributed by atoms with E-state index in [4.69, 9.17) is 9.47 Å². The summed E-state index contributed by atoms with van der Waals surface area (Å²) < 4.78 is 13.0. The Morgan fingerprint density at radius 1 is 1.48 bits per heavy atom. The van der Waals surface area contributed by atoms with Crippen molar-refractivity contribution in [1.29, 1.82) is 0 Å². The van der Waals surface area contributed by atoms with Crippen molar-refractivity contribution in [3.05, 3.63) is 17.5 Å². The van der Waals surface area contributed by atoms with Crippen molar-refractivity contribution in [3.8, 4) is 0 Å². The number of ether oxygens (including phenoxy) is 2. The Balaban J connectivity index is 1.42. The second-order valence-corrected chi connectivity index (χ2v) is 7.00. The molecule has 1 aromatic heterocycles. The molecule has 0 aliphatic carbocycles. The highest BCUT2D eigenvalue weighted by Crippen LogP contribution is 2.39. The number of nitrogens with zero attached hydrogens (tertiary/aromatic N) is 3. The zero-order valence-corrected chi connectivity index (χ0v) is 14.4. The summed E-state index contributed by atoms with van der Waals surface area (Å²) >= 11 is 0. The number of aryl methyl sites for hydroxylation is 3. The summed E-state index contributed by atoms with van der Waals surface area (Å²) in [7, 11) is 1.73. The highest BCUT2D eigenvalue weighted by Gasteiger charge is 2.50. The maximum Gasteiger partial charge on any atom is 0.224 e.